The predicted molar refractivity (Wildman–Crippen MR) is 74.7 cm³/mol. The second-order valence-electron chi connectivity index (χ2n) is 4.32. The Morgan fingerprint density at radius 3 is 2.75 bits per heavy atom. The minimum absolute atomic E-state index is 0.206. The molecular weight excluding hydrogens is 256 g/mol. The van der Waals surface area contributed by atoms with Crippen molar-refractivity contribution < 1.29 is 4.74 Å². The van der Waals surface area contributed by atoms with Gasteiger partial charge in [0.15, 0.2) is 0 Å². The lowest BCUT2D eigenvalue weighted by Crippen LogP contribution is -2.10. The van der Waals surface area contributed by atoms with Gasteiger partial charge in [0, 0.05) is 28.8 Å². The molecule has 6 heteroatoms. The van der Waals surface area contributed by atoms with E-state index in [0.717, 1.165) is 16.6 Å². The number of nitrogens with zero attached hydrogens (tertiary/aromatic N) is 3. The number of fused-ring (bicyclic) bond motifs is 1. The molecule has 0 aliphatic rings. The maximum absolute atomic E-state index is 12.1. The normalized spacial score (nSPS) is 10.7. The molecule has 20 heavy (non-hydrogen) atoms. The van der Waals surface area contributed by atoms with Crippen molar-refractivity contribution in [1.29, 1.82) is 0 Å². The molecule has 0 saturated heterocycles. The van der Waals surface area contributed by atoms with E-state index in [9.17, 15) is 4.79 Å². The van der Waals surface area contributed by atoms with Gasteiger partial charge in [-0.2, -0.15) is 0 Å². The third-order valence-electron chi connectivity index (χ3n) is 3.10. The topological polar surface area (TPSA) is 80.8 Å². The van der Waals surface area contributed by atoms with Gasteiger partial charge < -0.3 is 9.72 Å². The van der Waals surface area contributed by atoms with Crippen LogP contribution in [0.5, 0.6) is 5.88 Å². The number of nitrogens with one attached hydrogen (secondary N) is 1. The van der Waals surface area contributed by atoms with Crippen LogP contribution >= 0.6 is 0 Å². The average Bonchev–Trinajstić information content (AvgIpc) is 2.47. The Labute approximate surface area is 114 Å². The number of methoxy groups -OCH3 is 1. The predicted octanol–water partition coefficient (Wildman–Crippen LogP) is 1.70. The molecule has 0 saturated carbocycles. The van der Waals surface area contributed by atoms with Crippen LogP contribution in [0.15, 0.2) is 35.5 Å². The van der Waals surface area contributed by atoms with E-state index in [4.69, 9.17) is 4.74 Å². The highest BCUT2D eigenvalue weighted by molar-refractivity contribution is 5.82. The zero-order valence-corrected chi connectivity index (χ0v) is 11.0. The summed E-state index contributed by atoms with van der Waals surface area (Å²) in [6, 6.07) is 5.29. The van der Waals surface area contributed by atoms with Gasteiger partial charge in [0.25, 0.3) is 5.56 Å². The van der Waals surface area contributed by atoms with Gasteiger partial charge in [-0.05, 0) is 19.1 Å². The lowest BCUT2D eigenvalue weighted by Gasteiger charge is -2.05. The van der Waals surface area contributed by atoms with Crippen molar-refractivity contribution in [2.75, 3.05) is 7.11 Å². The lowest BCUT2D eigenvalue weighted by atomic mass is 10.1. The summed E-state index contributed by atoms with van der Waals surface area (Å²) < 4.78 is 5.01. The molecule has 0 aliphatic heterocycles. The standard InChI is InChI=1S/C14H12N4O2/c1-8-10-5-11(9-3-4-12(20-2)15-6-9)14(19)18-13(10)17-7-16-8/h3-7H,1-2H3,(H,16,17,18,19). The van der Waals surface area contributed by atoms with E-state index in [1.807, 2.05) is 6.92 Å². The first-order chi connectivity index (χ1) is 9.69. The Morgan fingerprint density at radius 2 is 2.05 bits per heavy atom. The SMILES string of the molecule is COc1ccc(-c2cc3c(C)ncnc3[nH]c2=O)cn1. The number of rotatable bonds is 2. The van der Waals surface area contributed by atoms with Crippen molar-refractivity contribution in [3.05, 3.63) is 46.8 Å². The van der Waals surface area contributed by atoms with Gasteiger partial charge >= 0.3 is 0 Å². The molecule has 3 heterocycles. The summed E-state index contributed by atoms with van der Waals surface area (Å²) in [5.74, 6) is 0.505. The first-order valence-electron chi connectivity index (χ1n) is 6.04. The van der Waals surface area contributed by atoms with E-state index in [1.54, 1.807) is 31.5 Å². The molecule has 3 aromatic rings. The summed E-state index contributed by atoms with van der Waals surface area (Å²) in [5, 5.41) is 0.818. The van der Waals surface area contributed by atoms with Gasteiger partial charge in [0.1, 0.15) is 12.0 Å². The first kappa shape index (κ1) is 12.3. The highest BCUT2D eigenvalue weighted by Gasteiger charge is 2.08. The monoisotopic (exact) mass is 268 g/mol. The van der Waals surface area contributed by atoms with Crippen LogP contribution in [-0.4, -0.2) is 27.0 Å². The van der Waals surface area contributed by atoms with Gasteiger partial charge in [0.05, 0.1) is 12.8 Å². The smallest absolute Gasteiger partial charge is 0.257 e. The minimum Gasteiger partial charge on any atom is -0.481 e. The highest BCUT2D eigenvalue weighted by atomic mass is 16.5. The van der Waals surface area contributed by atoms with Crippen LogP contribution in [0.4, 0.5) is 0 Å². The molecule has 6 nitrogen and oxygen atoms in total. The quantitative estimate of drug-likeness (QED) is 0.765. The second kappa shape index (κ2) is 4.73. The summed E-state index contributed by atoms with van der Waals surface area (Å²) in [6.45, 7) is 1.87. The van der Waals surface area contributed by atoms with E-state index >= 15 is 0 Å². The Morgan fingerprint density at radius 1 is 1.20 bits per heavy atom. The number of aromatic nitrogens is 4. The van der Waals surface area contributed by atoms with Gasteiger partial charge in [0.2, 0.25) is 5.88 Å². The molecule has 3 aromatic heterocycles. The Kier molecular flexibility index (Phi) is 2.90. The zero-order valence-electron chi connectivity index (χ0n) is 11.0. The average molecular weight is 268 g/mol. The van der Waals surface area contributed by atoms with Gasteiger partial charge in [-0.1, -0.05) is 0 Å². The number of ether oxygens (including phenoxy) is 1. The molecule has 1 N–H and O–H groups in total. The Bertz CT molecular complexity index is 825. The number of pyridine rings is 2. The number of hydrogen-bond acceptors (Lipinski definition) is 5. The highest BCUT2D eigenvalue weighted by Crippen LogP contribution is 2.20. The van der Waals surface area contributed by atoms with E-state index in [0.29, 0.717) is 17.1 Å². The van der Waals surface area contributed by atoms with Crippen LogP contribution in [0.3, 0.4) is 0 Å². The van der Waals surface area contributed by atoms with Crippen molar-refractivity contribution in [1.82, 2.24) is 19.9 Å². The number of hydrogen-bond donors (Lipinski definition) is 1. The molecule has 0 atom stereocenters. The van der Waals surface area contributed by atoms with Crippen molar-refractivity contribution in [2.45, 2.75) is 6.92 Å². The van der Waals surface area contributed by atoms with Gasteiger partial charge in [-0.25, -0.2) is 15.0 Å². The van der Waals surface area contributed by atoms with Crippen LogP contribution in [-0.2, 0) is 0 Å². The van der Waals surface area contributed by atoms with E-state index in [-0.39, 0.29) is 5.56 Å². The molecule has 0 spiro atoms. The van der Waals surface area contributed by atoms with Crippen molar-refractivity contribution in [3.8, 4) is 17.0 Å². The number of aromatic amines is 1. The molecule has 3 rings (SSSR count). The lowest BCUT2D eigenvalue weighted by molar-refractivity contribution is 0.398. The maximum atomic E-state index is 12.1. The summed E-state index contributed by atoms with van der Waals surface area (Å²) in [7, 11) is 1.55. The van der Waals surface area contributed by atoms with Gasteiger partial charge in [-0.15, -0.1) is 0 Å². The Balaban J connectivity index is 2.22. The van der Waals surface area contributed by atoms with Crippen LogP contribution in [0, 0.1) is 6.92 Å². The molecule has 0 amide bonds. The first-order valence-corrected chi connectivity index (χ1v) is 6.04. The molecule has 0 aromatic carbocycles. The summed E-state index contributed by atoms with van der Waals surface area (Å²) in [4.78, 5) is 27.2. The molecule has 0 unspecified atom stereocenters. The summed E-state index contributed by atoms with van der Waals surface area (Å²) >= 11 is 0. The fourth-order valence-corrected chi connectivity index (χ4v) is 2.02. The minimum atomic E-state index is -0.206. The second-order valence-corrected chi connectivity index (χ2v) is 4.32. The van der Waals surface area contributed by atoms with Crippen molar-refractivity contribution in [3.63, 3.8) is 0 Å². The van der Waals surface area contributed by atoms with E-state index in [1.165, 1.54) is 6.33 Å². The maximum Gasteiger partial charge on any atom is 0.257 e. The number of aryl methyl sites for hydroxylation is 1. The van der Waals surface area contributed by atoms with Crippen molar-refractivity contribution in [2.24, 2.45) is 0 Å². The Hall–Kier alpha value is -2.76. The molecule has 0 radical (unpaired) electrons. The fraction of sp³-hybridized carbons (Fsp3) is 0.143. The van der Waals surface area contributed by atoms with Crippen molar-refractivity contribution >= 4 is 11.0 Å². The molecule has 0 bridgehead atoms. The molecule has 0 aliphatic carbocycles. The third kappa shape index (κ3) is 2.01. The van der Waals surface area contributed by atoms with Crippen LogP contribution < -0.4 is 10.3 Å². The zero-order chi connectivity index (χ0) is 14.1. The molecule has 0 fully saturated rings. The summed E-state index contributed by atoms with van der Waals surface area (Å²) in [5.41, 5.74) is 2.40. The molecular formula is C14H12N4O2. The van der Waals surface area contributed by atoms with E-state index < -0.39 is 0 Å². The summed E-state index contributed by atoms with van der Waals surface area (Å²) in [6.07, 6.45) is 3.04. The van der Waals surface area contributed by atoms with E-state index in [2.05, 4.69) is 19.9 Å². The van der Waals surface area contributed by atoms with Crippen LogP contribution in [0.1, 0.15) is 5.69 Å². The van der Waals surface area contributed by atoms with Gasteiger partial charge in [-0.3, -0.25) is 4.79 Å². The fourth-order valence-electron chi connectivity index (χ4n) is 2.02. The number of H-pyrrole nitrogens is 1. The molecule has 100 valence electrons. The van der Waals surface area contributed by atoms with Crippen LogP contribution in [0.25, 0.3) is 22.2 Å². The van der Waals surface area contributed by atoms with Crippen LogP contribution in [0.2, 0.25) is 0 Å². The third-order valence-corrected chi connectivity index (χ3v) is 3.10. The largest absolute Gasteiger partial charge is 0.481 e.